The maximum atomic E-state index is 13.4. The second-order valence-electron chi connectivity index (χ2n) is 6.34. The highest BCUT2D eigenvalue weighted by Crippen LogP contribution is 2.33. The molecule has 0 atom stereocenters. The van der Waals surface area contributed by atoms with E-state index in [4.69, 9.17) is 9.47 Å². The summed E-state index contributed by atoms with van der Waals surface area (Å²) in [6.45, 7) is 2.11. The molecule has 0 aliphatic carbocycles. The Hall–Kier alpha value is -3.41. The van der Waals surface area contributed by atoms with E-state index in [1.165, 1.54) is 12.1 Å². The van der Waals surface area contributed by atoms with Crippen molar-refractivity contribution >= 4 is 22.4 Å². The summed E-state index contributed by atoms with van der Waals surface area (Å²) in [4.78, 5) is 16.7. The van der Waals surface area contributed by atoms with E-state index in [0.29, 0.717) is 18.2 Å². The normalized spacial score (nSPS) is 11.1. The van der Waals surface area contributed by atoms with Gasteiger partial charge in [-0.3, -0.25) is 9.20 Å². The number of carbonyl (C=O) groups excluding carboxylic acids is 1. The van der Waals surface area contributed by atoms with E-state index in [-0.39, 0.29) is 18.2 Å². The van der Waals surface area contributed by atoms with E-state index in [2.05, 4.69) is 4.98 Å². The lowest BCUT2D eigenvalue weighted by Crippen LogP contribution is -2.07. The molecule has 2 aromatic heterocycles. The van der Waals surface area contributed by atoms with Gasteiger partial charge >= 0.3 is 5.97 Å². The monoisotopic (exact) mass is 378 g/mol. The Morgan fingerprint density at radius 2 is 1.89 bits per heavy atom. The predicted octanol–water partition coefficient (Wildman–Crippen LogP) is 4.41. The number of ether oxygens (including phenoxy) is 2. The summed E-state index contributed by atoms with van der Waals surface area (Å²) in [5.41, 5.74) is 3.37. The van der Waals surface area contributed by atoms with Crippen LogP contribution in [0.5, 0.6) is 5.75 Å². The van der Waals surface area contributed by atoms with Crippen LogP contribution in [0.3, 0.4) is 0 Å². The summed E-state index contributed by atoms with van der Waals surface area (Å²) in [6, 6.07) is 13.8. The van der Waals surface area contributed by atoms with Crippen LogP contribution in [0, 0.1) is 5.82 Å². The van der Waals surface area contributed by atoms with Gasteiger partial charge in [0.25, 0.3) is 0 Å². The molecule has 0 saturated heterocycles. The average molecular weight is 378 g/mol. The highest BCUT2D eigenvalue weighted by atomic mass is 19.1. The molecule has 0 unspecified atom stereocenters. The smallest absolute Gasteiger partial charge is 0.310 e. The van der Waals surface area contributed by atoms with Gasteiger partial charge in [-0.05, 0) is 61.0 Å². The molecule has 6 heteroatoms. The fraction of sp³-hybridized carbons (Fsp3) is 0.182. The molecule has 0 fully saturated rings. The molecule has 142 valence electrons. The predicted molar refractivity (Wildman–Crippen MR) is 105 cm³/mol. The molecule has 0 radical (unpaired) electrons. The minimum atomic E-state index is -0.305. The largest absolute Gasteiger partial charge is 0.497 e. The number of fused-ring (bicyclic) bond motifs is 3. The fourth-order valence-electron chi connectivity index (χ4n) is 3.47. The molecule has 0 bridgehead atoms. The number of methoxy groups -OCH3 is 1. The number of nitrogens with zero attached hydrogens (tertiary/aromatic N) is 2. The summed E-state index contributed by atoms with van der Waals surface area (Å²) in [6.07, 6.45) is 1.83. The van der Waals surface area contributed by atoms with Crippen LogP contribution in [0.2, 0.25) is 0 Å². The number of halogens is 1. The Labute approximate surface area is 161 Å². The number of esters is 1. The van der Waals surface area contributed by atoms with E-state index >= 15 is 0 Å². The van der Waals surface area contributed by atoms with Gasteiger partial charge in [0.05, 0.1) is 31.2 Å². The molecule has 0 N–H and O–H groups in total. The second kappa shape index (κ2) is 7.31. The van der Waals surface area contributed by atoms with Crippen molar-refractivity contribution in [1.82, 2.24) is 9.38 Å². The first kappa shape index (κ1) is 18.0. The van der Waals surface area contributed by atoms with Crippen LogP contribution in [0.4, 0.5) is 4.39 Å². The molecule has 0 amide bonds. The summed E-state index contributed by atoms with van der Waals surface area (Å²) in [7, 11) is 1.60. The Balaban J connectivity index is 2.02. The van der Waals surface area contributed by atoms with Crippen molar-refractivity contribution in [2.24, 2.45) is 0 Å². The minimum absolute atomic E-state index is 0.140. The Morgan fingerprint density at radius 3 is 2.61 bits per heavy atom. The maximum absolute atomic E-state index is 13.4. The van der Waals surface area contributed by atoms with Gasteiger partial charge in [0.1, 0.15) is 17.4 Å². The summed E-state index contributed by atoms with van der Waals surface area (Å²) in [5.74, 6) is 0.772. The first-order valence-electron chi connectivity index (χ1n) is 9.00. The van der Waals surface area contributed by atoms with Crippen molar-refractivity contribution in [3.05, 3.63) is 66.1 Å². The molecular weight excluding hydrogens is 359 g/mol. The number of hydrogen-bond donors (Lipinski definition) is 0. The fourth-order valence-corrected chi connectivity index (χ4v) is 3.47. The van der Waals surface area contributed by atoms with Gasteiger partial charge in [0, 0.05) is 17.1 Å². The van der Waals surface area contributed by atoms with E-state index in [1.807, 2.05) is 28.7 Å². The number of hydrogen-bond acceptors (Lipinski definition) is 4. The van der Waals surface area contributed by atoms with E-state index in [1.54, 1.807) is 32.4 Å². The van der Waals surface area contributed by atoms with Gasteiger partial charge in [-0.1, -0.05) is 0 Å². The van der Waals surface area contributed by atoms with Gasteiger partial charge in [0.15, 0.2) is 0 Å². The molecule has 0 spiro atoms. The van der Waals surface area contributed by atoms with Crippen molar-refractivity contribution in [3.63, 3.8) is 0 Å². The van der Waals surface area contributed by atoms with Gasteiger partial charge in [0.2, 0.25) is 0 Å². The van der Waals surface area contributed by atoms with Gasteiger partial charge in [-0.2, -0.15) is 0 Å². The molecule has 4 aromatic rings. The van der Waals surface area contributed by atoms with Crippen molar-refractivity contribution in [1.29, 1.82) is 0 Å². The zero-order valence-corrected chi connectivity index (χ0v) is 15.6. The maximum Gasteiger partial charge on any atom is 0.310 e. The number of aromatic nitrogens is 2. The van der Waals surface area contributed by atoms with Crippen molar-refractivity contribution < 1.29 is 18.7 Å². The van der Waals surface area contributed by atoms with Gasteiger partial charge in [-0.15, -0.1) is 0 Å². The Bertz CT molecular complexity index is 1170. The molecule has 5 nitrogen and oxygen atoms in total. The number of benzene rings is 2. The standard InChI is InChI=1S/C22H19FN2O3/c1-3-28-21(26)13-18-17-12-16(27-2)8-9-19(17)25-20(18)10-11-24-22(25)14-4-6-15(23)7-5-14/h4-12H,3,13H2,1-2H3. The highest BCUT2D eigenvalue weighted by Gasteiger charge is 2.19. The lowest BCUT2D eigenvalue weighted by Gasteiger charge is -2.07. The molecule has 0 aliphatic rings. The summed E-state index contributed by atoms with van der Waals surface area (Å²) < 4.78 is 25.9. The third-order valence-corrected chi connectivity index (χ3v) is 4.69. The summed E-state index contributed by atoms with van der Waals surface area (Å²) in [5, 5.41) is 0.892. The first-order chi connectivity index (χ1) is 13.6. The van der Waals surface area contributed by atoms with Crippen LogP contribution in [-0.2, 0) is 16.0 Å². The second-order valence-corrected chi connectivity index (χ2v) is 6.34. The van der Waals surface area contributed by atoms with Gasteiger partial charge in [-0.25, -0.2) is 9.37 Å². The molecule has 2 heterocycles. The van der Waals surface area contributed by atoms with Crippen molar-refractivity contribution in [2.75, 3.05) is 13.7 Å². The lowest BCUT2D eigenvalue weighted by atomic mass is 10.1. The third-order valence-electron chi connectivity index (χ3n) is 4.69. The van der Waals surface area contributed by atoms with Crippen LogP contribution >= 0.6 is 0 Å². The summed E-state index contributed by atoms with van der Waals surface area (Å²) >= 11 is 0. The Morgan fingerprint density at radius 1 is 1.11 bits per heavy atom. The van der Waals surface area contributed by atoms with Gasteiger partial charge < -0.3 is 9.47 Å². The van der Waals surface area contributed by atoms with E-state index in [0.717, 1.165) is 27.5 Å². The Kier molecular flexibility index (Phi) is 4.69. The van der Waals surface area contributed by atoms with E-state index in [9.17, 15) is 9.18 Å². The van der Waals surface area contributed by atoms with Crippen molar-refractivity contribution in [3.8, 4) is 17.1 Å². The molecule has 0 saturated carbocycles. The molecule has 2 aromatic carbocycles. The highest BCUT2D eigenvalue weighted by molar-refractivity contribution is 5.97. The van der Waals surface area contributed by atoms with Crippen molar-refractivity contribution in [2.45, 2.75) is 13.3 Å². The topological polar surface area (TPSA) is 52.8 Å². The molecule has 0 aliphatic heterocycles. The van der Waals surface area contributed by atoms with Crippen LogP contribution in [-0.4, -0.2) is 29.1 Å². The van der Waals surface area contributed by atoms with Crippen LogP contribution in [0.1, 0.15) is 12.5 Å². The molecular formula is C22H19FN2O3. The third kappa shape index (κ3) is 3.07. The molecule has 28 heavy (non-hydrogen) atoms. The minimum Gasteiger partial charge on any atom is -0.497 e. The van der Waals surface area contributed by atoms with Crippen LogP contribution in [0.15, 0.2) is 54.7 Å². The average Bonchev–Trinajstić information content (AvgIpc) is 3.02. The van der Waals surface area contributed by atoms with Crippen LogP contribution in [0.25, 0.3) is 27.8 Å². The number of rotatable bonds is 5. The lowest BCUT2D eigenvalue weighted by molar-refractivity contribution is -0.142. The van der Waals surface area contributed by atoms with Crippen LogP contribution < -0.4 is 4.74 Å². The number of carbonyl (C=O) groups is 1. The molecule has 4 rings (SSSR count). The quantitative estimate of drug-likeness (QED) is 0.483. The van der Waals surface area contributed by atoms with E-state index < -0.39 is 0 Å². The SMILES string of the molecule is CCOC(=O)Cc1c2cc(OC)ccc2n2c(-c3ccc(F)cc3)nccc12. The zero-order valence-electron chi connectivity index (χ0n) is 15.6. The zero-order chi connectivity index (χ0) is 19.7. The first-order valence-corrected chi connectivity index (χ1v) is 9.00.